The van der Waals surface area contributed by atoms with Gasteiger partial charge in [-0.1, -0.05) is 18.2 Å². The normalized spacial score (nSPS) is 10.3. The largest absolute Gasteiger partial charge is 0.481 e. The Balaban J connectivity index is 3.13. The predicted octanol–water partition coefficient (Wildman–Crippen LogP) is 2.76. The number of hydrogen-bond donors (Lipinski definition) is 1. The van der Waals surface area contributed by atoms with Crippen molar-refractivity contribution in [2.45, 2.75) is 32.1 Å². The average molecular weight is 168 g/mol. The van der Waals surface area contributed by atoms with E-state index in [2.05, 4.69) is 12.7 Å². The van der Waals surface area contributed by atoms with Gasteiger partial charge in [0.2, 0.25) is 0 Å². The summed E-state index contributed by atoms with van der Waals surface area (Å²) < 4.78 is 0. The molecule has 0 aliphatic rings. The van der Waals surface area contributed by atoms with Crippen molar-refractivity contribution in [1.82, 2.24) is 0 Å². The smallest absolute Gasteiger partial charge is 0.303 e. The Morgan fingerprint density at radius 2 is 1.92 bits per heavy atom. The Hall–Kier alpha value is -1.05. The van der Waals surface area contributed by atoms with Gasteiger partial charge in [0.25, 0.3) is 0 Å². The molecule has 68 valence electrons. The van der Waals surface area contributed by atoms with Crippen LogP contribution >= 0.6 is 0 Å². The first-order valence-electron chi connectivity index (χ1n) is 4.25. The van der Waals surface area contributed by atoms with Gasteiger partial charge in [0, 0.05) is 6.42 Å². The van der Waals surface area contributed by atoms with Crippen molar-refractivity contribution in [3.05, 3.63) is 24.8 Å². The molecule has 0 heterocycles. The van der Waals surface area contributed by atoms with E-state index in [0.717, 1.165) is 25.7 Å². The minimum absolute atomic E-state index is 0.270. The number of carboxylic acid groups (broad SMARTS) is 1. The van der Waals surface area contributed by atoms with Crippen LogP contribution in [0, 0.1) is 0 Å². The number of hydrogen-bond acceptors (Lipinski definition) is 1. The topological polar surface area (TPSA) is 37.3 Å². The third-order valence-electron chi connectivity index (χ3n) is 1.47. The molecule has 0 aromatic rings. The van der Waals surface area contributed by atoms with Crippen LogP contribution in [-0.4, -0.2) is 11.1 Å². The molecular weight excluding hydrogens is 152 g/mol. The second-order valence-corrected chi connectivity index (χ2v) is 2.62. The lowest BCUT2D eigenvalue weighted by atomic mass is 10.2. The minimum atomic E-state index is -0.713. The molecule has 0 fully saturated rings. The van der Waals surface area contributed by atoms with E-state index in [1.165, 1.54) is 0 Å². The van der Waals surface area contributed by atoms with E-state index in [0.29, 0.717) is 0 Å². The molecule has 0 aliphatic carbocycles. The summed E-state index contributed by atoms with van der Waals surface area (Å²) in [6.45, 7) is 3.61. The van der Waals surface area contributed by atoms with Crippen LogP contribution in [0.25, 0.3) is 0 Å². The highest BCUT2D eigenvalue weighted by molar-refractivity contribution is 5.66. The van der Waals surface area contributed by atoms with Crippen LogP contribution in [-0.2, 0) is 4.79 Å². The molecule has 0 rings (SSSR count). The Morgan fingerprint density at radius 3 is 2.50 bits per heavy atom. The summed E-state index contributed by atoms with van der Waals surface area (Å²) in [6.07, 6.45) is 9.86. The van der Waals surface area contributed by atoms with Crippen molar-refractivity contribution in [1.29, 1.82) is 0 Å². The van der Waals surface area contributed by atoms with E-state index in [9.17, 15) is 4.79 Å². The van der Waals surface area contributed by atoms with Crippen LogP contribution < -0.4 is 0 Å². The molecule has 0 amide bonds. The lowest BCUT2D eigenvalue weighted by molar-refractivity contribution is -0.137. The molecule has 0 aromatic heterocycles. The van der Waals surface area contributed by atoms with Crippen molar-refractivity contribution >= 4 is 5.97 Å². The van der Waals surface area contributed by atoms with E-state index in [1.54, 1.807) is 0 Å². The van der Waals surface area contributed by atoms with Gasteiger partial charge in [0.15, 0.2) is 0 Å². The second-order valence-electron chi connectivity index (χ2n) is 2.62. The second kappa shape index (κ2) is 8.05. The Kier molecular flexibility index (Phi) is 7.35. The fraction of sp³-hybridized carbons (Fsp3) is 0.500. The molecule has 0 saturated heterocycles. The van der Waals surface area contributed by atoms with Crippen molar-refractivity contribution in [2.24, 2.45) is 0 Å². The molecule has 0 aromatic carbocycles. The maximum atomic E-state index is 10.1. The molecule has 0 spiro atoms. The molecular formula is C10H16O2. The van der Waals surface area contributed by atoms with Gasteiger partial charge in [-0.05, 0) is 25.7 Å². The summed E-state index contributed by atoms with van der Waals surface area (Å²) in [6, 6.07) is 0. The number of carbonyl (C=O) groups is 1. The number of unbranched alkanes of at least 4 members (excludes halogenated alkanes) is 2. The molecule has 1 N–H and O–H groups in total. The highest BCUT2D eigenvalue weighted by Gasteiger charge is 1.92. The first-order chi connectivity index (χ1) is 5.77. The van der Waals surface area contributed by atoms with Crippen molar-refractivity contribution in [2.75, 3.05) is 0 Å². The number of carboxylic acids is 1. The molecule has 0 atom stereocenters. The van der Waals surface area contributed by atoms with Gasteiger partial charge in [0.1, 0.15) is 0 Å². The van der Waals surface area contributed by atoms with E-state index >= 15 is 0 Å². The van der Waals surface area contributed by atoms with Gasteiger partial charge in [0.05, 0.1) is 0 Å². The maximum absolute atomic E-state index is 10.1. The zero-order valence-corrected chi connectivity index (χ0v) is 7.33. The molecule has 2 heteroatoms. The van der Waals surface area contributed by atoms with Gasteiger partial charge in [-0.3, -0.25) is 4.79 Å². The zero-order valence-electron chi connectivity index (χ0n) is 7.33. The third-order valence-corrected chi connectivity index (χ3v) is 1.47. The van der Waals surface area contributed by atoms with Gasteiger partial charge < -0.3 is 5.11 Å². The molecule has 2 nitrogen and oxygen atoms in total. The van der Waals surface area contributed by atoms with Crippen LogP contribution in [0.1, 0.15) is 32.1 Å². The first-order valence-corrected chi connectivity index (χ1v) is 4.25. The maximum Gasteiger partial charge on any atom is 0.303 e. The molecule has 0 unspecified atom stereocenters. The van der Waals surface area contributed by atoms with Crippen LogP contribution in [0.5, 0.6) is 0 Å². The quantitative estimate of drug-likeness (QED) is 0.469. The fourth-order valence-electron chi connectivity index (χ4n) is 0.821. The van der Waals surface area contributed by atoms with Crippen molar-refractivity contribution < 1.29 is 9.90 Å². The van der Waals surface area contributed by atoms with E-state index < -0.39 is 5.97 Å². The van der Waals surface area contributed by atoms with Crippen molar-refractivity contribution in [3.63, 3.8) is 0 Å². The summed E-state index contributed by atoms with van der Waals surface area (Å²) in [5.41, 5.74) is 0. The molecule has 0 saturated carbocycles. The molecule has 0 aliphatic heterocycles. The summed E-state index contributed by atoms with van der Waals surface area (Å²) in [5.74, 6) is -0.713. The average Bonchev–Trinajstić information content (AvgIpc) is 2.02. The number of allylic oxidation sites excluding steroid dienone is 3. The molecule has 0 radical (unpaired) electrons. The summed E-state index contributed by atoms with van der Waals surface area (Å²) in [4.78, 5) is 10.1. The summed E-state index contributed by atoms with van der Waals surface area (Å²) in [5, 5.41) is 8.32. The lowest BCUT2D eigenvalue weighted by Crippen LogP contribution is -1.92. The summed E-state index contributed by atoms with van der Waals surface area (Å²) in [7, 11) is 0. The molecule has 0 bridgehead atoms. The summed E-state index contributed by atoms with van der Waals surface area (Å²) >= 11 is 0. The van der Waals surface area contributed by atoms with Crippen LogP contribution in [0.15, 0.2) is 24.8 Å². The van der Waals surface area contributed by atoms with E-state index in [1.807, 2.05) is 12.2 Å². The fourth-order valence-corrected chi connectivity index (χ4v) is 0.821. The van der Waals surface area contributed by atoms with Gasteiger partial charge in [-0.2, -0.15) is 0 Å². The Morgan fingerprint density at radius 1 is 1.25 bits per heavy atom. The van der Waals surface area contributed by atoms with Gasteiger partial charge in [-0.15, -0.1) is 6.58 Å². The van der Waals surface area contributed by atoms with Crippen LogP contribution in [0.4, 0.5) is 0 Å². The molecule has 12 heavy (non-hydrogen) atoms. The van der Waals surface area contributed by atoms with Gasteiger partial charge >= 0.3 is 5.97 Å². The zero-order chi connectivity index (χ0) is 9.23. The van der Waals surface area contributed by atoms with Crippen LogP contribution in [0.2, 0.25) is 0 Å². The first kappa shape index (κ1) is 11.0. The third kappa shape index (κ3) is 8.95. The SMILES string of the molecule is C=CCCC=CCCCC(=O)O. The van der Waals surface area contributed by atoms with Crippen molar-refractivity contribution in [3.8, 4) is 0 Å². The minimum Gasteiger partial charge on any atom is -0.481 e. The highest BCUT2D eigenvalue weighted by atomic mass is 16.4. The number of aliphatic carboxylic acids is 1. The predicted molar refractivity (Wildman–Crippen MR) is 50.1 cm³/mol. The Labute approximate surface area is 73.6 Å². The standard InChI is InChI=1S/C10H16O2/c1-2-3-4-5-6-7-8-9-10(11)12/h2,5-6H,1,3-4,7-9H2,(H,11,12). The van der Waals surface area contributed by atoms with E-state index in [4.69, 9.17) is 5.11 Å². The highest BCUT2D eigenvalue weighted by Crippen LogP contribution is 1.98. The number of rotatable bonds is 7. The van der Waals surface area contributed by atoms with Crippen LogP contribution in [0.3, 0.4) is 0 Å². The monoisotopic (exact) mass is 168 g/mol. The lowest BCUT2D eigenvalue weighted by Gasteiger charge is -1.90. The van der Waals surface area contributed by atoms with E-state index in [-0.39, 0.29) is 6.42 Å². The Bertz CT molecular complexity index is 159. The van der Waals surface area contributed by atoms with Gasteiger partial charge in [-0.25, -0.2) is 0 Å².